The number of nitrogens with zero attached hydrogens (tertiary/aromatic N) is 1. The highest BCUT2D eigenvalue weighted by Gasteiger charge is 2.01. The van der Waals surface area contributed by atoms with Crippen LogP contribution < -0.4 is 5.73 Å². The third kappa shape index (κ3) is 2.02. The number of halogens is 2. The minimum atomic E-state index is -0.582. The van der Waals surface area contributed by atoms with Gasteiger partial charge in [0.2, 0.25) is 0 Å². The highest BCUT2D eigenvalue weighted by atomic mass is 19.1. The summed E-state index contributed by atoms with van der Waals surface area (Å²) in [7, 11) is 0. The van der Waals surface area contributed by atoms with Crippen LogP contribution in [0.2, 0.25) is 0 Å². The van der Waals surface area contributed by atoms with E-state index in [2.05, 4.69) is 4.99 Å². The van der Waals surface area contributed by atoms with Crippen LogP contribution >= 0.6 is 0 Å². The Labute approximate surface area is 68.7 Å². The van der Waals surface area contributed by atoms with Crippen molar-refractivity contribution in [2.45, 2.75) is 6.92 Å². The fourth-order valence-electron chi connectivity index (χ4n) is 0.761. The van der Waals surface area contributed by atoms with Crippen LogP contribution in [0.1, 0.15) is 6.92 Å². The molecule has 0 saturated heterocycles. The van der Waals surface area contributed by atoms with Crippen molar-refractivity contribution in [2.24, 2.45) is 10.7 Å². The summed E-state index contributed by atoms with van der Waals surface area (Å²) in [5.41, 5.74) is 5.13. The molecule has 64 valence electrons. The fraction of sp³-hybridized carbons (Fsp3) is 0.125. The Balaban J connectivity index is 3.14. The van der Waals surface area contributed by atoms with Crippen molar-refractivity contribution < 1.29 is 8.78 Å². The molecule has 1 rings (SSSR count). The Bertz CT molecular complexity index is 317. The van der Waals surface area contributed by atoms with Crippen LogP contribution in [0.3, 0.4) is 0 Å². The summed E-state index contributed by atoms with van der Waals surface area (Å²) in [6.07, 6.45) is 0. The Morgan fingerprint density at radius 3 is 2.67 bits per heavy atom. The zero-order chi connectivity index (χ0) is 9.14. The summed E-state index contributed by atoms with van der Waals surface area (Å²) in [5, 5.41) is 0. The van der Waals surface area contributed by atoms with E-state index >= 15 is 0 Å². The molecular formula is C8H8F2N2. The third-order valence-electron chi connectivity index (χ3n) is 1.20. The first-order valence-corrected chi connectivity index (χ1v) is 3.35. The predicted octanol–water partition coefficient (Wildman–Crippen LogP) is 1.97. The van der Waals surface area contributed by atoms with E-state index in [-0.39, 0.29) is 11.5 Å². The van der Waals surface area contributed by atoms with Crippen molar-refractivity contribution in [1.29, 1.82) is 0 Å². The molecule has 0 saturated carbocycles. The average molecular weight is 170 g/mol. The molecule has 2 nitrogen and oxygen atoms in total. The second-order valence-electron chi connectivity index (χ2n) is 2.35. The van der Waals surface area contributed by atoms with E-state index in [0.29, 0.717) is 0 Å². The lowest BCUT2D eigenvalue weighted by molar-refractivity contribution is 0.602. The molecule has 0 unspecified atom stereocenters. The monoisotopic (exact) mass is 170 g/mol. The SMILES string of the molecule is CC(N)=Nc1cc(F)ccc1F. The number of aliphatic imine (C=N–C) groups is 1. The van der Waals surface area contributed by atoms with Gasteiger partial charge in [-0.05, 0) is 19.1 Å². The smallest absolute Gasteiger partial charge is 0.149 e. The average Bonchev–Trinajstić information content (AvgIpc) is 1.96. The summed E-state index contributed by atoms with van der Waals surface area (Å²) in [6.45, 7) is 1.50. The number of hydrogen-bond acceptors (Lipinski definition) is 1. The van der Waals surface area contributed by atoms with E-state index in [1.807, 2.05) is 0 Å². The molecule has 0 aliphatic heterocycles. The van der Waals surface area contributed by atoms with Gasteiger partial charge in [0.1, 0.15) is 17.3 Å². The zero-order valence-corrected chi connectivity index (χ0v) is 6.51. The van der Waals surface area contributed by atoms with E-state index in [0.717, 1.165) is 18.2 Å². The maximum Gasteiger partial charge on any atom is 0.149 e. The number of rotatable bonds is 1. The van der Waals surface area contributed by atoms with Gasteiger partial charge in [-0.15, -0.1) is 0 Å². The molecule has 0 aliphatic rings. The molecule has 0 atom stereocenters. The molecule has 4 heteroatoms. The van der Waals surface area contributed by atoms with E-state index in [1.165, 1.54) is 6.92 Å². The van der Waals surface area contributed by atoms with Gasteiger partial charge in [-0.25, -0.2) is 13.8 Å². The summed E-state index contributed by atoms with van der Waals surface area (Å²) in [4.78, 5) is 3.60. The molecule has 2 N–H and O–H groups in total. The van der Waals surface area contributed by atoms with Crippen molar-refractivity contribution in [3.05, 3.63) is 29.8 Å². The molecule has 0 aliphatic carbocycles. The highest BCUT2D eigenvalue weighted by Crippen LogP contribution is 2.18. The number of benzene rings is 1. The summed E-state index contributed by atoms with van der Waals surface area (Å²) in [6, 6.07) is 3.03. The van der Waals surface area contributed by atoms with Crippen molar-refractivity contribution in [2.75, 3.05) is 0 Å². The van der Waals surface area contributed by atoms with Crippen molar-refractivity contribution in [1.82, 2.24) is 0 Å². The third-order valence-corrected chi connectivity index (χ3v) is 1.20. The van der Waals surface area contributed by atoms with Gasteiger partial charge in [0.15, 0.2) is 0 Å². The van der Waals surface area contributed by atoms with Crippen LogP contribution in [-0.4, -0.2) is 5.84 Å². The minimum Gasteiger partial charge on any atom is -0.387 e. The standard InChI is InChI=1S/C8H8F2N2/c1-5(11)12-8-4-6(9)2-3-7(8)10/h2-4H,1H3,(H2,11,12). The Hall–Kier alpha value is -1.45. The van der Waals surface area contributed by atoms with Gasteiger partial charge in [-0.3, -0.25) is 0 Å². The number of amidine groups is 1. The number of nitrogens with two attached hydrogens (primary N) is 1. The molecule has 0 bridgehead atoms. The van der Waals surface area contributed by atoms with Crippen LogP contribution in [0, 0.1) is 11.6 Å². The summed E-state index contributed by atoms with van der Waals surface area (Å²) < 4.78 is 25.3. The lowest BCUT2D eigenvalue weighted by Gasteiger charge is -1.96. The van der Waals surface area contributed by atoms with Crippen LogP contribution in [-0.2, 0) is 0 Å². The molecule has 0 amide bonds. The quantitative estimate of drug-likeness (QED) is 0.508. The van der Waals surface area contributed by atoms with Crippen molar-refractivity contribution in [3.8, 4) is 0 Å². The largest absolute Gasteiger partial charge is 0.387 e. The van der Waals surface area contributed by atoms with Gasteiger partial charge < -0.3 is 5.73 Å². The second-order valence-corrected chi connectivity index (χ2v) is 2.35. The van der Waals surface area contributed by atoms with Gasteiger partial charge in [-0.2, -0.15) is 0 Å². The summed E-state index contributed by atoms with van der Waals surface area (Å²) >= 11 is 0. The fourth-order valence-corrected chi connectivity index (χ4v) is 0.761. The molecule has 0 fully saturated rings. The van der Waals surface area contributed by atoms with Gasteiger partial charge in [0, 0.05) is 6.07 Å². The lowest BCUT2D eigenvalue weighted by atomic mass is 10.3. The molecule has 0 heterocycles. The second kappa shape index (κ2) is 3.30. The first kappa shape index (κ1) is 8.64. The van der Waals surface area contributed by atoms with Gasteiger partial charge in [0.25, 0.3) is 0 Å². The molecule has 0 spiro atoms. The predicted molar refractivity (Wildman–Crippen MR) is 43.3 cm³/mol. The first-order chi connectivity index (χ1) is 5.59. The lowest BCUT2D eigenvalue weighted by Crippen LogP contribution is -2.04. The molecule has 0 aromatic heterocycles. The van der Waals surface area contributed by atoms with E-state index in [1.54, 1.807) is 0 Å². The van der Waals surface area contributed by atoms with Crippen LogP contribution in [0.15, 0.2) is 23.2 Å². The minimum absolute atomic E-state index is 0.0741. The Kier molecular flexibility index (Phi) is 2.38. The molecule has 0 radical (unpaired) electrons. The van der Waals surface area contributed by atoms with Gasteiger partial charge >= 0.3 is 0 Å². The highest BCUT2D eigenvalue weighted by molar-refractivity contribution is 5.80. The Morgan fingerprint density at radius 1 is 1.42 bits per heavy atom. The summed E-state index contributed by atoms with van der Waals surface area (Å²) in [5.74, 6) is -0.919. The topological polar surface area (TPSA) is 38.4 Å². The van der Waals surface area contributed by atoms with Crippen LogP contribution in [0.5, 0.6) is 0 Å². The number of hydrogen-bond donors (Lipinski definition) is 1. The normalized spacial score (nSPS) is 11.8. The maximum absolute atomic E-state index is 12.8. The van der Waals surface area contributed by atoms with Gasteiger partial charge in [0.05, 0.1) is 5.84 Å². The molecule has 1 aromatic carbocycles. The maximum atomic E-state index is 12.8. The Morgan fingerprint density at radius 2 is 2.08 bits per heavy atom. The zero-order valence-electron chi connectivity index (χ0n) is 6.51. The van der Waals surface area contributed by atoms with Crippen LogP contribution in [0.25, 0.3) is 0 Å². The molecule has 1 aromatic rings. The van der Waals surface area contributed by atoms with Crippen molar-refractivity contribution >= 4 is 11.5 Å². The van der Waals surface area contributed by atoms with Crippen LogP contribution in [0.4, 0.5) is 14.5 Å². The van der Waals surface area contributed by atoms with E-state index in [4.69, 9.17) is 5.73 Å². The van der Waals surface area contributed by atoms with E-state index < -0.39 is 11.6 Å². The molecule has 12 heavy (non-hydrogen) atoms. The first-order valence-electron chi connectivity index (χ1n) is 3.35. The van der Waals surface area contributed by atoms with E-state index in [9.17, 15) is 8.78 Å². The van der Waals surface area contributed by atoms with Gasteiger partial charge in [-0.1, -0.05) is 0 Å². The molecular weight excluding hydrogens is 162 g/mol. The van der Waals surface area contributed by atoms with Crippen molar-refractivity contribution in [3.63, 3.8) is 0 Å².